The zero-order chi connectivity index (χ0) is 14.5. The summed E-state index contributed by atoms with van der Waals surface area (Å²) in [5, 5.41) is 3.38. The number of nitrogens with zero attached hydrogens (tertiary/aromatic N) is 2. The summed E-state index contributed by atoms with van der Waals surface area (Å²) in [5.74, 6) is 0.668. The van der Waals surface area contributed by atoms with Crippen molar-refractivity contribution >= 4 is 0 Å². The Kier molecular flexibility index (Phi) is 4.65. The van der Waals surface area contributed by atoms with Crippen molar-refractivity contribution in [2.24, 2.45) is 0 Å². The van der Waals surface area contributed by atoms with Crippen LogP contribution in [0, 0.1) is 0 Å². The molecule has 1 fully saturated rings. The van der Waals surface area contributed by atoms with Gasteiger partial charge in [-0.3, -0.25) is 0 Å². The Balaban J connectivity index is 1.49. The van der Waals surface area contributed by atoms with E-state index in [1.165, 1.54) is 0 Å². The van der Waals surface area contributed by atoms with Crippen LogP contribution in [0.25, 0.3) is 11.5 Å². The minimum Gasteiger partial charge on any atom is -0.444 e. The average molecular weight is 287 g/mol. The molecule has 1 aromatic carbocycles. The van der Waals surface area contributed by atoms with Gasteiger partial charge in [0.1, 0.15) is 6.26 Å². The van der Waals surface area contributed by atoms with Crippen LogP contribution < -0.4 is 5.32 Å². The van der Waals surface area contributed by atoms with Gasteiger partial charge in [-0.25, -0.2) is 4.98 Å². The maximum absolute atomic E-state index is 5.71. The molecule has 2 aromatic rings. The zero-order valence-corrected chi connectivity index (χ0v) is 12.3. The van der Waals surface area contributed by atoms with Gasteiger partial charge in [0.2, 0.25) is 5.89 Å². The molecule has 3 rings (SSSR count). The molecule has 1 aliphatic rings. The molecule has 112 valence electrons. The molecule has 5 nitrogen and oxygen atoms in total. The zero-order valence-electron chi connectivity index (χ0n) is 12.3. The smallest absolute Gasteiger partial charge is 0.226 e. The minimum atomic E-state index is 0.254. The van der Waals surface area contributed by atoms with Crippen LogP contribution in [0.15, 0.2) is 41.0 Å². The van der Waals surface area contributed by atoms with Crippen molar-refractivity contribution in [3.05, 3.63) is 42.3 Å². The maximum atomic E-state index is 5.71. The van der Waals surface area contributed by atoms with Crippen LogP contribution in [0.3, 0.4) is 0 Å². The van der Waals surface area contributed by atoms with E-state index in [9.17, 15) is 0 Å². The Morgan fingerprint density at radius 1 is 1.33 bits per heavy atom. The van der Waals surface area contributed by atoms with Crippen molar-refractivity contribution in [2.45, 2.75) is 12.6 Å². The average Bonchev–Trinajstić information content (AvgIpc) is 2.97. The van der Waals surface area contributed by atoms with Crippen LogP contribution in [-0.4, -0.2) is 49.3 Å². The second-order valence-corrected chi connectivity index (χ2v) is 5.40. The lowest BCUT2D eigenvalue weighted by atomic mass is 10.2. The predicted molar refractivity (Wildman–Crippen MR) is 80.9 cm³/mol. The first-order chi connectivity index (χ1) is 10.3. The lowest BCUT2D eigenvalue weighted by Gasteiger charge is -2.30. The van der Waals surface area contributed by atoms with Gasteiger partial charge in [0.05, 0.1) is 18.4 Å². The van der Waals surface area contributed by atoms with E-state index in [1.54, 1.807) is 6.26 Å². The Hall–Kier alpha value is -1.69. The summed E-state index contributed by atoms with van der Waals surface area (Å²) in [6.45, 7) is 4.32. The first kappa shape index (κ1) is 14.3. The summed E-state index contributed by atoms with van der Waals surface area (Å²) in [6.07, 6.45) is 1.97. The molecule has 1 aliphatic heterocycles. The minimum absolute atomic E-state index is 0.254. The number of ether oxygens (including phenoxy) is 1. The fraction of sp³-hybridized carbons (Fsp3) is 0.438. The fourth-order valence-electron chi connectivity index (χ4n) is 2.45. The molecule has 21 heavy (non-hydrogen) atoms. The van der Waals surface area contributed by atoms with E-state index in [4.69, 9.17) is 9.15 Å². The molecule has 0 spiro atoms. The van der Waals surface area contributed by atoms with Gasteiger partial charge in [-0.1, -0.05) is 18.2 Å². The number of oxazole rings is 1. The van der Waals surface area contributed by atoms with Crippen LogP contribution in [-0.2, 0) is 11.3 Å². The monoisotopic (exact) mass is 287 g/mol. The van der Waals surface area contributed by atoms with E-state index in [2.05, 4.69) is 22.2 Å². The molecule has 1 saturated heterocycles. The molecule has 0 aliphatic carbocycles. The summed E-state index contributed by atoms with van der Waals surface area (Å²) in [4.78, 5) is 6.79. The van der Waals surface area contributed by atoms with Gasteiger partial charge >= 0.3 is 0 Å². The molecule has 1 N–H and O–H groups in total. The third-order valence-corrected chi connectivity index (χ3v) is 3.59. The van der Waals surface area contributed by atoms with Gasteiger partial charge in [-0.2, -0.15) is 0 Å². The maximum Gasteiger partial charge on any atom is 0.226 e. The van der Waals surface area contributed by atoms with Crippen molar-refractivity contribution in [1.29, 1.82) is 0 Å². The largest absolute Gasteiger partial charge is 0.444 e. The van der Waals surface area contributed by atoms with Crippen molar-refractivity contribution in [2.75, 3.05) is 33.3 Å². The van der Waals surface area contributed by atoms with Gasteiger partial charge in [0.15, 0.2) is 0 Å². The summed E-state index contributed by atoms with van der Waals surface area (Å²) < 4.78 is 11.2. The van der Waals surface area contributed by atoms with E-state index in [1.807, 2.05) is 30.3 Å². The first-order valence-corrected chi connectivity index (χ1v) is 7.32. The Bertz CT molecular complexity index is 556. The Morgan fingerprint density at radius 2 is 2.19 bits per heavy atom. The van der Waals surface area contributed by atoms with E-state index in [-0.39, 0.29) is 6.10 Å². The van der Waals surface area contributed by atoms with Crippen molar-refractivity contribution in [3.63, 3.8) is 0 Å². The number of aromatic nitrogens is 1. The van der Waals surface area contributed by atoms with E-state index in [0.29, 0.717) is 12.4 Å². The highest BCUT2D eigenvalue weighted by Gasteiger charge is 2.17. The number of hydrogen-bond acceptors (Lipinski definition) is 5. The Labute approximate surface area is 124 Å². The van der Waals surface area contributed by atoms with Crippen LogP contribution in [0.5, 0.6) is 0 Å². The van der Waals surface area contributed by atoms with Crippen LogP contribution in [0.4, 0.5) is 0 Å². The van der Waals surface area contributed by atoms with E-state index in [0.717, 1.165) is 37.5 Å². The molecule has 2 heterocycles. The van der Waals surface area contributed by atoms with Gasteiger partial charge in [-0.15, -0.1) is 0 Å². The third-order valence-electron chi connectivity index (χ3n) is 3.59. The predicted octanol–water partition coefficient (Wildman–Crippen LogP) is 1.76. The van der Waals surface area contributed by atoms with Gasteiger partial charge in [0.25, 0.3) is 0 Å². The molecule has 0 bridgehead atoms. The highest BCUT2D eigenvalue weighted by atomic mass is 16.5. The fourth-order valence-corrected chi connectivity index (χ4v) is 2.45. The first-order valence-electron chi connectivity index (χ1n) is 7.32. The highest BCUT2D eigenvalue weighted by molar-refractivity contribution is 5.52. The quantitative estimate of drug-likeness (QED) is 0.908. The van der Waals surface area contributed by atoms with Gasteiger partial charge < -0.3 is 19.4 Å². The van der Waals surface area contributed by atoms with Gasteiger partial charge in [0, 0.05) is 31.7 Å². The molecule has 0 amide bonds. The molecule has 5 heteroatoms. The molecular weight excluding hydrogens is 266 g/mol. The number of nitrogens with one attached hydrogen (secondary N) is 1. The van der Waals surface area contributed by atoms with Gasteiger partial charge in [-0.05, 0) is 19.2 Å². The molecule has 0 saturated carbocycles. The van der Waals surface area contributed by atoms with Crippen molar-refractivity contribution in [3.8, 4) is 11.5 Å². The SMILES string of the molecule is CN1CCO[C@H](CNCc2coc(-c3ccccc3)n2)C1. The molecule has 0 radical (unpaired) electrons. The lowest BCUT2D eigenvalue weighted by Crippen LogP contribution is -2.44. The van der Waals surface area contributed by atoms with Crippen molar-refractivity contribution in [1.82, 2.24) is 15.2 Å². The van der Waals surface area contributed by atoms with E-state index >= 15 is 0 Å². The van der Waals surface area contributed by atoms with Crippen molar-refractivity contribution < 1.29 is 9.15 Å². The van der Waals surface area contributed by atoms with Crippen LogP contribution in [0.2, 0.25) is 0 Å². The standard InChI is InChI=1S/C16H21N3O2/c1-19-7-8-20-15(11-19)10-17-9-14-12-21-16(18-14)13-5-3-2-4-6-13/h2-6,12,15,17H,7-11H2,1H3/t15-/m1/s1. The van der Waals surface area contributed by atoms with Crippen LogP contribution >= 0.6 is 0 Å². The molecular formula is C16H21N3O2. The number of rotatable bonds is 5. The molecule has 1 aromatic heterocycles. The van der Waals surface area contributed by atoms with Crippen LogP contribution in [0.1, 0.15) is 5.69 Å². The summed E-state index contributed by atoms with van der Waals surface area (Å²) in [6, 6.07) is 9.93. The second-order valence-electron chi connectivity index (χ2n) is 5.40. The number of benzene rings is 1. The highest BCUT2D eigenvalue weighted by Crippen LogP contribution is 2.17. The molecule has 0 unspecified atom stereocenters. The number of hydrogen-bond donors (Lipinski definition) is 1. The number of likely N-dealkylation sites (N-methyl/N-ethyl adjacent to an activating group) is 1. The lowest BCUT2D eigenvalue weighted by molar-refractivity contribution is -0.0182. The summed E-state index contributed by atoms with van der Waals surface area (Å²) >= 11 is 0. The third kappa shape index (κ3) is 3.91. The second kappa shape index (κ2) is 6.85. The Morgan fingerprint density at radius 3 is 3.00 bits per heavy atom. The molecule has 1 atom stereocenters. The van der Waals surface area contributed by atoms with E-state index < -0.39 is 0 Å². The summed E-state index contributed by atoms with van der Waals surface area (Å²) in [7, 11) is 2.12. The summed E-state index contributed by atoms with van der Waals surface area (Å²) in [5.41, 5.74) is 1.92. The number of morpholine rings is 1. The normalized spacial score (nSPS) is 19.8. The topological polar surface area (TPSA) is 50.5 Å².